The summed E-state index contributed by atoms with van der Waals surface area (Å²) < 4.78 is 7.95. The molecule has 2 N–H and O–H groups in total. The molecule has 140 valence electrons. The molecule has 0 amide bonds. The van der Waals surface area contributed by atoms with Crippen LogP contribution in [0, 0.1) is 6.92 Å². The number of nitrogens with two attached hydrogens (primary N) is 1. The molecule has 0 unspecified atom stereocenters. The van der Waals surface area contributed by atoms with Gasteiger partial charge in [-0.1, -0.05) is 17.1 Å². The van der Waals surface area contributed by atoms with E-state index < -0.39 is 5.97 Å². The summed E-state index contributed by atoms with van der Waals surface area (Å²) in [4.78, 5) is 34.2. The highest BCUT2D eigenvalue weighted by molar-refractivity contribution is 5.96. The van der Waals surface area contributed by atoms with Crippen molar-refractivity contribution in [3.8, 4) is 0 Å². The quantitative estimate of drug-likeness (QED) is 0.328. The Balaban J connectivity index is 2.12. The Kier molecular flexibility index (Phi) is 4.23. The Bertz CT molecular complexity index is 1280. The van der Waals surface area contributed by atoms with Crippen molar-refractivity contribution in [2.45, 2.75) is 13.5 Å². The monoisotopic (exact) mass is 376 g/mol. The number of nitrogens with zero attached hydrogens (tertiary/aromatic N) is 4. The summed E-state index contributed by atoms with van der Waals surface area (Å²) in [5, 5.41) is 0.279. The molecule has 0 spiro atoms. The Morgan fingerprint density at radius 1 is 1.32 bits per heavy atom. The van der Waals surface area contributed by atoms with Crippen LogP contribution in [0.25, 0.3) is 16.7 Å². The molecule has 0 saturated heterocycles. The first-order valence-electron chi connectivity index (χ1n) is 8.62. The molecule has 0 aliphatic heterocycles. The zero-order chi connectivity index (χ0) is 19.8. The number of methoxy groups -OCH3 is 1. The van der Waals surface area contributed by atoms with Crippen molar-refractivity contribution in [3.63, 3.8) is 0 Å². The molecule has 0 aliphatic rings. The van der Waals surface area contributed by atoms with Crippen LogP contribution >= 0.6 is 0 Å². The molecule has 0 aliphatic carbocycles. The van der Waals surface area contributed by atoms with Crippen LogP contribution < -0.4 is 15.9 Å². The van der Waals surface area contributed by atoms with Gasteiger partial charge in [0, 0.05) is 29.7 Å². The second-order valence-corrected chi connectivity index (χ2v) is 6.42. The lowest BCUT2D eigenvalue weighted by molar-refractivity contribution is -0.649. The summed E-state index contributed by atoms with van der Waals surface area (Å²) in [5.74, 6) is -0.443. The number of hydrogen-bond acceptors (Lipinski definition) is 6. The van der Waals surface area contributed by atoms with E-state index in [-0.39, 0.29) is 22.3 Å². The van der Waals surface area contributed by atoms with Gasteiger partial charge in [0.05, 0.1) is 13.7 Å². The molecule has 0 fully saturated rings. The lowest BCUT2D eigenvalue weighted by Gasteiger charge is -2.11. The number of carbonyl (C=O) groups is 1. The second-order valence-electron chi connectivity index (χ2n) is 6.42. The van der Waals surface area contributed by atoms with E-state index in [2.05, 4.69) is 4.98 Å². The fourth-order valence-corrected chi connectivity index (χ4v) is 3.22. The second kappa shape index (κ2) is 6.73. The van der Waals surface area contributed by atoms with Crippen LogP contribution in [0.15, 0.2) is 53.7 Å². The van der Waals surface area contributed by atoms with E-state index in [0.717, 1.165) is 11.1 Å². The average molecular weight is 376 g/mol. The minimum atomic E-state index is -0.618. The Labute approximate surface area is 159 Å². The summed E-state index contributed by atoms with van der Waals surface area (Å²) >= 11 is 0. The molecule has 0 radical (unpaired) electrons. The van der Waals surface area contributed by atoms with E-state index in [0.29, 0.717) is 17.8 Å². The van der Waals surface area contributed by atoms with Crippen molar-refractivity contribution in [3.05, 3.63) is 76.0 Å². The van der Waals surface area contributed by atoms with Gasteiger partial charge < -0.3 is 10.5 Å². The zero-order valence-corrected chi connectivity index (χ0v) is 15.4. The summed E-state index contributed by atoms with van der Waals surface area (Å²) in [6, 6.07) is 8.79. The molecular weight excluding hydrogens is 358 g/mol. The van der Waals surface area contributed by atoms with Crippen LogP contribution in [-0.2, 0) is 11.3 Å². The predicted octanol–water partition coefficient (Wildman–Crippen LogP) is 1.26. The predicted molar refractivity (Wildman–Crippen MR) is 103 cm³/mol. The number of esters is 1. The Morgan fingerprint density at radius 3 is 2.86 bits per heavy atom. The molecule has 0 saturated carbocycles. The molecule has 4 aromatic heterocycles. The molecule has 4 aromatic rings. The third-order valence-electron chi connectivity index (χ3n) is 4.64. The van der Waals surface area contributed by atoms with Gasteiger partial charge >= 0.3 is 5.97 Å². The third-order valence-corrected chi connectivity index (χ3v) is 4.64. The lowest BCUT2D eigenvalue weighted by Crippen LogP contribution is -2.42. The maximum atomic E-state index is 13.1. The van der Waals surface area contributed by atoms with E-state index in [1.807, 2.05) is 19.1 Å². The van der Waals surface area contributed by atoms with Gasteiger partial charge in [0.15, 0.2) is 0 Å². The normalized spacial score (nSPS) is 11.1. The molecule has 0 atom stereocenters. The third kappa shape index (κ3) is 2.75. The van der Waals surface area contributed by atoms with Gasteiger partial charge in [0.2, 0.25) is 11.5 Å². The molecule has 28 heavy (non-hydrogen) atoms. The van der Waals surface area contributed by atoms with Crippen molar-refractivity contribution in [1.29, 1.82) is 0 Å². The number of aryl methyl sites for hydroxylation is 1. The summed E-state index contributed by atoms with van der Waals surface area (Å²) in [5.41, 5.74) is 8.77. The van der Waals surface area contributed by atoms with Crippen LogP contribution in [0.4, 0.5) is 5.82 Å². The SMILES string of the molecule is COC(=O)c1cc2c(=O)n3cccc(C)c3nc2[n+](Cc2cccnc2)c1N. The van der Waals surface area contributed by atoms with Crippen molar-refractivity contribution in [2.24, 2.45) is 0 Å². The van der Waals surface area contributed by atoms with Crippen molar-refractivity contribution in [1.82, 2.24) is 14.4 Å². The molecule has 8 heteroatoms. The van der Waals surface area contributed by atoms with E-state index in [1.54, 1.807) is 35.3 Å². The molecule has 0 aromatic carbocycles. The fraction of sp³-hybridized carbons (Fsp3) is 0.150. The first-order chi connectivity index (χ1) is 13.5. The first kappa shape index (κ1) is 17.6. The highest BCUT2D eigenvalue weighted by Crippen LogP contribution is 2.17. The topological polar surface area (TPSA) is 103 Å². The lowest BCUT2D eigenvalue weighted by atomic mass is 10.1. The minimum absolute atomic E-state index is 0.116. The number of anilines is 1. The van der Waals surface area contributed by atoms with Crippen LogP contribution in [-0.4, -0.2) is 27.4 Å². The van der Waals surface area contributed by atoms with E-state index in [9.17, 15) is 9.59 Å². The van der Waals surface area contributed by atoms with E-state index >= 15 is 0 Å². The van der Waals surface area contributed by atoms with Crippen LogP contribution in [0.1, 0.15) is 21.5 Å². The van der Waals surface area contributed by atoms with Gasteiger partial charge in [-0.2, -0.15) is 0 Å². The van der Waals surface area contributed by atoms with Crippen molar-refractivity contribution >= 4 is 28.5 Å². The molecule has 0 bridgehead atoms. The molecular formula is C20H18N5O3+. The first-order valence-corrected chi connectivity index (χ1v) is 8.62. The van der Waals surface area contributed by atoms with Gasteiger partial charge in [-0.15, -0.1) is 0 Å². The van der Waals surface area contributed by atoms with Crippen molar-refractivity contribution in [2.75, 3.05) is 12.8 Å². The van der Waals surface area contributed by atoms with Gasteiger partial charge in [-0.05, 0) is 25.1 Å². The summed E-state index contributed by atoms with van der Waals surface area (Å²) in [7, 11) is 1.27. The minimum Gasteiger partial charge on any atom is -0.465 e. The Hall–Kier alpha value is -3.81. The maximum absolute atomic E-state index is 13.1. The zero-order valence-electron chi connectivity index (χ0n) is 15.4. The number of rotatable bonds is 3. The summed E-state index contributed by atoms with van der Waals surface area (Å²) in [6.07, 6.45) is 5.01. The smallest absolute Gasteiger partial charge is 0.344 e. The average Bonchev–Trinajstić information content (AvgIpc) is 2.71. The van der Waals surface area contributed by atoms with Gasteiger partial charge in [0.1, 0.15) is 10.9 Å². The molecule has 4 rings (SSSR count). The van der Waals surface area contributed by atoms with Gasteiger partial charge in [0.25, 0.3) is 11.2 Å². The largest absolute Gasteiger partial charge is 0.465 e. The van der Waals surface area contributed by atoms with E-state index in [1.165, 1.54) is 17.6 Å². The number of nitrogen functional groups attached to an aromatic ring is 1. The summed E-state index contributed by atoms with van der Waals surface area (Å²) in [6.45, 7) is 2.18. The highest BCUT2D eigenvalue weighted by atomic mass is 16.5. The van der Waals surface area contributed by atoms with E-state index in [4.69, 9.17) is 15.5 Å². The van der Waals surface area contributed by atoms with Crippen LogP contribution in [0.2, 0.25) is 0 Å². The number of ether oxygens (including phenoxy) is 1. The standard InChI is InChI=1S/C20H17N5O3/c1-12-5-4-8-24-17(12)23-18-15(19(24)26)9-14(20(27)28-2)16(21)25(18)11-13-6-3-7-22-10-13/h3-10,21H,11H2,1-2H3/p+1. The number of hydrogen-bond donors (Lipinski definition) is 1. The maximum Gasteiger partial charge on any atom is 0.344 e. The number of fused-ring (bicyclic) bond motifs is 2. The van der Waals surface area contributed by atoms with Gasteiger partial charge in [-0.25, -0.2) is 9.36 Å². The number of carbonyl (C=O) groups excluding carboxylic acids is 1. The van der Waals surface area contributed by atoms with Crippen LogP contribution in [0.5, 0.6) is 0 Å². The number of aromatic nitrogens is 4. The van der Waals surface area contributed by atoms with Crippen LogP contribution in [0.3, 0.4) is 0 Å². The molecule has 8 nitrogen and oxygen atoms in total. The molecule has 4 heterocycles. The highest BCUT2D eigenvalue weighted by Gasteiger charge is 2.25. The van der Waals surface area contributed by atoms with Crippen molar-refractivity contribution < 1.29 is 14.1 Å². The Morgan fingerprint density at radius 2 is 2.14 bits per heavy atom. The fourth-order valence-electron chi connectivity index (χ4n) is 3.22. The van der Waals surface area contributed by atoms with Gasteiger partial charge in [-0.3, -0.25) is 14.2 Å². The number of pyridine rings is 3.